The van der Waals surface area contributed by atoms with Gasteiger partial charge in [-0.3, -0.25) is 0 Å². The van der Waals surface area contributed by atoms with Crippen molar-refractivity contribution in [2.24, 2.45) is 0 Å². The highest BCUT2D eigenvalue weighted by atomic mass is 35.5. The molecular weight excluding hydrogens is 411 g/mol. The predicted molar refractivity (Wildman–Crippen MR) is 103 cm³/mol. The second kappa shape index (κ2) is 7.84. The molecule has 0 aliphatic heterocycles. The summed E-state index contributed by atoms with van der Waals surface area (Å²) in [4.78, 5) is 18.8. The fourth-order valence-electron chi connectivity index (χ4n) is 2.35. The normalized spacial score (nSPS) is 11.2. The number of aromatic nitrogens is 2. The van der Waals surface area contributed by atoms with E-state index >= 15 is 0 Å². The van der Waals surface area contributed by atoms with Gasteiger partial charge in [0.25, 0.3) is 0 Å². The van der Waals surface area contributed by atoms with Crippen molar-refractivity contribution in [3.63, 3.8) is 0 Å². The number of hydrogen-bond acceptors (Lipinski definition) is 6. The van der Waals surface area contributed by atoms with Crippen LogP contribution >= 0.6 is 11.6 Å². The number of halogens is 4. The predicted octanol–water partition coefficient (Wildman–Crippen LogP) is 4.92. The summed E-state index contributed by atoms with van der Waals surface area (Å²) in [5.74, 6) is -0.845. The number of carboxylic acids is 1. The van der Waals surface area contributed by atoms with Crippen molar-refractivity contribution in [3.8, 4) is 0 Å². The first-order chi connectivity index (χ1) is 13.6. The molecular formula is C18H13ClF3N5O2. The van der Waals surface area contributed by atoms with E-state index < -0.39 is 17.7 Å². The summed E-state index contributed by atoms with van der Waals surface area (Å²) in [7, 11) is 0. The number of benzene rings is 2. The van der Waals surface area contributed by atoms with Gasteiger partial charge in [-0.05, 0) is 42.5 Å². The molecule has 0 amide bonds. The number of anilines is 5. The van der Waals surface area contributed by atoms with Crippen molar-refractivity contribution in [3.05, 3.63) is 64.9 Å². The Morgan fingerprint density at radius 3 is 2.24 bits per heavy atom. The number of rotatable bonds is 5. The van der Waals surface area contributed by atoms with Crippen LogP contribution in [0.2, 0.25) is 5.02 Å². The van der Waals surface area contributed by atoms with Crippen LogP contribution in [0.15, 0.2) is 48.8 Å². The van der Waals surface area contributed by atoms with Gasteiger partial charge in [-0.1, -0.05) is 11.6 Å². The maximum atomic E-state index is 12.9. The average molecular weight is 424 g/mol. The van der Waals surface area contributed by atoms with E-state index in [1.165, 1.54) is 24.3 Å². The third-order valence-corrected chi connectivity index (χ3v) is 4.15. The molecule has 0 unspecified atom stereocenters. The van der Waals surface area contributed by atoms with Crippen LogP contribution in [0.1, 0.15) is 15.9 Å². The fraction of sp³-hybridized carbons (Fsp3) is 0.0556. The number of nitrogens with zero attached hydrogens (tertiary/aromatic N) is 2. The van der Waals surface area contributed by atoms with E-state index in [4.69, 9.17) is 22.4 Å². The first-order valence-corrected chi connectivity index (χ1v) is 8.37. The van der Waals surface area contributed by atoms with E-state index in [-0.39, 0.29) is 33.6 Å². The molecule has 1 heterocycles. The van der Waals surface area contributed by atoms with E-state index in [9.17, 15) is 18.0 Å². The lowest BCUT2D eigenvalue weighted by Gasteiger charge is -2.15. The van der Waals surface area contributed by atoms with Gasteiger partial charge in [-0.2, -0.15) is 13.2 Å². The zero-order valence-electron chi connectivity index (χ0n) is 14.5. The van der Waals surface area contributed by atoms with Gasteiger partial charge in [0, 0.05) is 5.69 Å². The molecule has 29 heavy (non-hydrogen) atoms. The van der Waals surface area contributed by atoms with Gasteiger partial charge < -0.3 is 21.5 Å². The summed E-state index contributed by atoms with van der Waals surface area (Å²) in [6.45, 7) is 0. The van der Waals surface area contributed by atoms with Crippen molar-refractivity contribution in [2.75, 3.05) is 16.4 Å². The highest BCUT2D eigenvalue weighted by Crippen LogP contribution is 2.36. The maximum absolute atomic E-state index is 12.9. The number of carboxylic acid groups (broad SMARTS) is 1. The minimum Gasteiger partial charge on any atom is -0.478 e. The van der Waals surface area contributed by atoms with Gasteiger partial charge >= 0.3 is 12.1 Å². The number of nitrogens with one attached hydrogen (secondary N) is 2. The lowest BCUT2D eigenvalue weighted by Crippen LogP contribution is -2.08. The van der Waals surface area contributed by atoms with Gasteiger partial charge in [-0.15, -0.1) is 0 Å². The Kier molecular flexibility index (Phi) is 5.46. The molecule has 1 aromatic heterocycles. The van der Waals surface area contributed by atoms with Crippen LogP contribution in [0.5, 0.6) is 0 Å². The molecule has 2 aromatic carbocycles. The minimum atomic E-state index is -4.53. The van der Waals surface area contributed by atoms with Crippen molar-refractivity contribution >= 4 is 46.3 Å². The van der Waals surface area contributed by atoms with Crippen LogP contribution in [0, 0.1) is 0 Å². The molecule has 3 aromatic rings. The number of hydrogen-bond donors (Lipinski definition) is 4. The average Bonchev–Trinajstić information content (AvgIpc) is 2.66. The molecule has 11 heteroatoms. The molecule has 150 valence electrons. The molecule has 7 nitrogen and oxygen atoms in total. The SMILES string of the molecule is Nc1c(Nc2ccc(C(=O)O)cc2)ncnc1Nc1cc(C(F)(F)F)ccc1Cl. The molecule has 0 fully saturated rings. The van der Waals surface area contributed by atoms with Gasteiger partial charge in [0.05, 0.1) is 21.8 Å². The van der Waals surface area contributed by atoms with E-state index in [1.54, 1.807) is 0 Å². The van der Waals surface area contributed by atoms with Crippen LogP contribution in [0.4, 0.5) is 41.9 Å². The molecule has 0 aliphatic rings. The van der Waals surface area contributed by atoms with E-state index in [0.29, 0.717) is 5.69 Å². The smallest absolute Gasteiger partial charge is 0.416 e. The first kappa shape index (κ1) is 20.2. The summed E-state index contributed by atoms with van der Waals surface area (Å²) in [6.07, 6.45) is -3.37. The second-order valence-electron chi connectivity index (χ2n) is 5.81. The molecule has 0 bridgehead atoms. The number of aromatic carboxylic acids is 1. The summed E-state index contributed by atoms with van der Waals surface area (Å²) in [5, 5.41) is 14.5. The lowest BCUT2D eigenvalue weighted by molar-refractivity contribution is -0.137. The molecule has 0 saturated carbocycles. The molecule has 3 rings (SSSR count). The van der Waals surface area contributed by atoms with Gasteiger partial charge in [0.2, 0.25) is 0 Å². The number of carbonyl (C=O) groups is 1. The van der Waals surface area contributed by atoms with Gasteiger partial charge in [0.15, 0.2) is 11.6 Å². The van der Waals surface area contributed by atoms with Crippen LogP contribution < -0.4 is 16.4 Å². The Balaban J connectivity index is 1.87. The van der Waals surface area contributed by atoms with Crippen LogP contribution in [0.25, 0.3) is 0 Å². The van der Waals surface area contributed by atoms with Gasteiger partial charge in [-0.25, -0.2) is 14.8 Å². The Morgan fingerprint density at radius 1 is 1.03 bits per heavy atom. The van der Waals surface area contributed by atoms with E-state index in [1.807, 2.05) is 0 Å². The summed E-state index contributed by atoms with van der Waals surface area (Å²) in [5.41, 5.74) is 5.76. The summed E-state index contributed by atoms with van der Waals surface area (Å²) in [6, 6.07) is 8.65. The van der Waals surface area contributed by atoms with Crippen LogP contribution in [-0.2, 0) is 6.18 Å². The second-order valence-corrected chi connectivity index (χ2v) is 6.22. The Labute approximate surface area is 167 Å². The number of nitrogen functional groups attached to an aromatic ring is 1. The largest absolute Gasteiger partial charge is 0.478 e. The number of alkyl halides is 3. The molecule has 0 radical (unpaired) electrons. The fourth-order valence-corrected chi connectivity index (χ4v) is 2.52. The maximum Gasteiger partial charge on any atom is 0.416 e. The number of nitrogens with two attached hydrogens (primary N) is 1. The summed E-state index contributed by atoms with van der Waals surface area (Å²) < 4.78 is 38.8. The third-order valence-electron chi connectivity index (χ3n) is 3.83. The van der Waals surface area contributed by atoms with Crippen molar-refractivity contribution in [1.82, 2.24) is 9.97 Å². The van der Waals surface area contributed by atoms with Crippen LogP contribution in [-0.4, -0.2) is 21.0 Å². The van der Waals surface area contributed by atoms with E-state index in [0.717, 1.165) is 24.5 Å². The highest BCUT2D eigenvalue weighted by molar-refractivity contribution is 6.33. The molecule has 0 aliphatic carbocycles. The monoisotopic (exact) mass is 423 g/mol. The summed E-state index contributed by atoms with van der Waals surface area (Å²) >= 11 is 5.98. The lowest BCUT2D eigenvalue weighted by atomic mass is 10.2. The molecule has 0 atom stereocenters. The molecule has 0 spiro atoms. The highest BCUT2D eigenvalue weighted by Gasteiger charge is 2.31. The molecule has 0 saturated heterocycles. The van der Waals surface area contributed by atoms with E-state index in [2.05, 4.69) is 20.6 Å². The Morgan fingerprint density at radius 2 is 1.66 bits per heavy atom. The van der Waals surface area contributed by atoms with Crippen molar-refractivity contribution in [2.45, 2.75) is 6.18 Å². The van der Waals surface area contributed by atoms with Crippen molar-refractivity contribution in [1.29, 1.82) is 0 Å². The standard InChI is InChI=1S/C18H13ClF3N5O2/c19-12-6-3-10(18(20,21)22)7-13(12)27-16-14(23)15(24-8-25-16)26-11-4-1-9(2-5-11)17(28)29/h1-8H,23H2,(H,28,29)(H2,24,25,26,27). The van der Waals surface area contributed by atoms with Crippen molar-refractivity contribution < 1.29 is 23.1 Å². The Hall–Kier alpha value is -3.53. The minimum absolute atomic E-state index is 0.0244. The third kappa shape index (κ3) is 4.66. The van der Waals surface area contributed by atoms with Gasteiger partial charge in [0.1, 0.15) is 12.0 Å². The zero-order chi connectivity index (χ0) is 21.2. The quantitative estimate of drug-likeness (QED) is 0.460. The van der Waals surface area contributed by atoms with Crippen LogP contribution in [0.3, 0.4) is 0 Å². The Bertz CT molecular complexity index is 1060. The molecule has 5 N–H and O–H groups in total. The topological polar surface area (TPSA) is 113 Å². The zero-order valence-corrected chi connectivity index (χ0v) is 15.2. The first-order valence-electron chi connectivity index (χ1n) is 8.00.